The molecule has 0 aliphatic rings. The van der Waals surface area contributed by atoms with Gasteiger partial charge in [-0.15, -0.1) is 47.0 Å². The van der Waals surface area contributed by atoms with Gasteiger partial charge in [-0.25, -0.2) is 9.79 Å². The summed E-state index contributed by atoms with van der Waals surface area (Å²) >= 11 is 7.35. The van der Waals surface area contributed by atoms with Crippen LogP contribution in [0.3, 0.4) is 0 Å². The van der Waals surface area contributed by atoms with Gasteiger partial charge in [-0.05, 0) is 0 Å². The first kappa shape index (κ1) is 33.0. The maximum absolute atomic E-state index is 11.8. The monoisotopic (exact) mass is 602 g/mol. The second kappa shape index (κ2) is 26.6. The van der Waals surface area contributed by atoms with E-state index in [0.29, 0.717) is 33.7 Å². The lowest BCUT2D eigenvalue weighted by molar-refractivity contribution is -0.196. The number of aliphatic hydroxyl groups excluding tert-OH is 2. The van der Waals surface area contributed by atoms with Crippen molar-refractivity contribution in [1.29, 1.82) is 0 Å². The van der Waals surface area contributed by atoms with E-state index < -0.39 is 16.9 Å². The predicted octanol–water partition coefficient (Wildman–Crippen LogP) is 2.13. The molecule has 1 unspecified atom stereocenters. The number of amides is 2. The van der Waals surface area contributed by atoms with Crippen molar-refractivity contribution < 1.29 is 38.5 Å². The number of rotatable bonds is 21. The largest absolute Gasteiger partial charge is 0.438 e. The minimum absolute atomic E-state index is 0.0498. The van der Waals surface area contributed by atoms with Crippen LogP contribution < -0.4 is 10.6 Å². The van der Waals surface area contributed by atoms with Crippen molar-refractivity contribution in [3.63, 3.8) is 0 Å². The number of aliphatic imine (C=N–C) groups is 2. The number of nitrogens with zero attached hydrogens (tertiary/aromatic N) is 2. The third-order valence-electron chi connectivity index (χ3n) is 2.41. The quantitative estimate of drug-likeness (QED) is 0.0376. The third kappa shape index (κ3) is 26.5. The van der Waals surface area contributed by atoms with Gasteiger partial charge in [0.1, 0.15) is 11.9 Å². The Morgan fingerprint density at radius 3 is 2.39 bits per heavy atom. The number of thioether (sulfide) groups is 6. The van der Waals surface area contributed by atoms with Crippen molar-refractivity contribution in [2.24, 2.45) is 9.98 Å². The third-order valence-corrected chi connectivity index (χ3v) is 8.20. The molecule has 19 heteroatoms. The molecule has 0 radical (unpaired) electrons. The average molecular weight is 603 g/mol. The fraction of sp³-hybridized carbons (Fsp3) is 0.714. The van der Waals surface area contributed by atoms with Crippen LogP contribution in [-0.4, -0.2) is 95.1 Å². The summed E-state index contributed by atoms with van der Waals surface area (Å²) in [4.78, 5) is 40.1. The van der Waals surface area contributed by atoms with Crippen molar-refractivity contribution in [1.82, 2.24) is 10.6 Å². The lowest BCUT2D eigenvalue weighted by Gasteiger charge is -2.04. The van der Waals surface area contributed by atoms with Gasteiger partial charge in [0.05, 0.1) is 56.8 Å². The molecule has 0 aliphatic carbocycles. The zero-order valence-electron chi connectivity index (χ0n) is 17.3. The molecule has 1 atom stereocenters. The Morgan fingerprint density at radius 2 is 1.64 bits per heavy atom. The molecule has 0 heterocycles. The van der Waals surface area contributed by atoms with Crippen molar-refractivity contribution in [3.05, 3.63) is 0 Å². The fourth-order valence-corrected chi connectivity index (χ4v) is 5.79. The maximum Gasteiger partial charge on any atom is 0.408 e. The topological polar surface area (TPSA) is 168 Å². The van der Waals surface area contributed by atoms with Crippen LogP contribution in [0, 0.1) is 0 Å². The second-order valence-corrected chi connectivity index (χ2v) is 12.3. The zero-order chi connectivity index (χ0) is 24.4. The predicted molar refractivity (Wildman–Crippen MR) is 144 cm³/mol. The summed E-state index contributed by atoms with van der Waals surface area (Å²) in [5.41, 5.74) is 1.35. The van der Waals surface area contributed by atoms with Crippen molar-refractivity contribution >= 4 is 105 Å². The summed E-state index contributed by atoms with van der Waals surface area (Å²) in [5, 5.41) is 22.9. The summed E-state index contributed by atoms with van der Waals surface area (Å²) in [7, 11) is -1.25. The van der Waals surface area contributed by atoms with E-state index in [-0.39, 0.29) is 29.0 Å². The molecule has 0 aromatic rings. The number of aliphatic hydroxyl groups is 2. The van der Waals surface area contributed by atoms with Gasteiger partial charge in [-0.2, -0.15) is 4.89 Å². The number of hydrogen-bond acceptors (Lipinski definition) is 16. The van der Waals surface area contributed by atoms with Crippen LogP contribution in [0.5, 0.6) is 0 Å². The Kier molecular flexibility index (Phi) is 26.6. The highest BCUT2D eigenvalue weighted by Crippen LogP contribution is 2.14. The smallest absolute Gasteiger partial charge is 0.408 e. The summed E-state index contributed by atoms with van der Waals surface area (Å²) in [6.45, 7) is 0. The summed E-state index contributed by atoms with van der Waals surface area (Å²) in [6.07, 6.45) is 0.570. The Hall–Kier alpha value is 0.01000. The van der Waals surface area contributed by atoms with Gasteiger partial charge < -0.3 is 30.5 Å². The molecule has 0 aromatic carbocycles. The molecular weight excluding hydrogens is 577 g/mol. The van der Waals surface area contributed by atoms with Crippen LogP contribution in [0.2, 0.25) is 0 Å². The summed E-state index contributed by atoms with van der Waals surface area (Å²) < 4.78 is 16.6. The summed E-state index contributed by atoms with van der Waals surface area (Å²) in [5.74, 6) is 1.52. The van der Waals surface area contributed by atoms with E-state index in [2.05, 4.69) is 30.4 Å². The molecule has 0 fully saturated rings. The fourth-order valence-electron chi connectivity index (χ4n) is 1.20. The normalized spacial score (nSPS) is 12.2. The number of ether oxygens (including phenoxy) is 1. The molecule has 12 nitrogen and oxygen atoms in total. The number of alkyl carbamates (subject to hydrolysis) is 1. The standard InChI is InChI=1S/C14H26N4O8S7/c19-7-29-9-24-13(21)17-4-28-3-16-6-33(23)12-31-11-32-14(22)18-5-27-2-15-1-25-26-10-30-8-20/h1,6,19-20H,2-5,7-12H2,(H,17,21)(H,18,22)/b15-1+,16-6+. The van der Waals surface area contributed by atoms with Gasteiger partial charge in [-0.1, -0.05) is 23.5 Å². The number of carbonyl (C=O) groups is 2. The zero-order valence-corrected chi connectivity index (χ0v) is 23.0. The first-order valence-corrected chi connectivity index (χ1v) is 16.8. The molecule has 0 saturated carbocycles. The molecule has 0 spiro atoms. The molecule has 0 rings (SSSR count). The Labute approximate surface area is 220 Å². The van der Waals surface area contributed by atoms with Crippen LogP contribution in [-0.2, 0) is 25.3 Å². The van der Waals surface area contributed by atoms with Gasteiger partial charge in [0.25, 0.3) is 5.24 Å². The van der Waals surface area contributed by atoms with Crippen LogP contribution >= 0.6 is 70.6 Å². The van der Waals surface area contributed by atoms with E-state index in [1.54, 1.807) is 0 Å². The van der Waals surface area contributed by atoms with Crippen molar-refractivity contribution in [2.45, 2.75) is 0 Å². The van der Waals surface area contributed by atoms with Gasteiger partial charge >= 0.3 is 6.09 Å². The second-order valence-electron chi connectivity index (χ2n) is 4.69. The van der Waals surface area contributed by atoms with E-state index >= 15 is 0 Å². The van der Waals surface area contributed by atoms with Gasteiger partial charge in [0.15, 0.2) is 0 Å². The molecular formula is C14H26N4O8S7. The first-order chi connectivity index (χ1) is 16.1. The lowest BCUT2D eigenvalue weighted by Crippen LogP contribution is -2.23. The van der Waals surface area contributed by atoms with E-state index in [9.17, 15) is 13.8 Å². The molecule has 33 heavy (non-hydrogen) atoms. The first-order valence-electron chi connectivity index (χ1n) is 8.65. The van der Waals surface area contributed by atoms with Crippen molar-refractivity contribution in [3.8, 4) is 0 Å². The molecule has 192 valence electrons. The average Bonchev–Trinajstić information content (AvgIpc) is 2.80. The lowest BCUT2D eigenvalue weighted by atomic mass is 11.1. The SMILES string of the molecule is O=C(NCSC/N=C/S(=O)CSCSC(=O)NCSC/N=C/OOCSCO)OCSCO. The molecule has 0 saturated heterocycles. The molecule has 2 amide bonds. The number of hydrogen-bond donors (Lipinski definition) is 4. The Balaban J connectivity index is 3.51. The van der Waals surface area contributed by atoms with Crippen LogP contribution in [0.25, 0.3) is 0 Å². The molecule has 0 bridgehead atoms. The van der Waals surface area contributed by atoms with Crippen LogP contribution in [0.1, 0.15) is 0 Å². The van der Waals surface area contributed by atoms with E-state index in [0.717, 1.165) is 41.7 Å². The molecule has 0 aromatic heterocycles. The summed E-state index contributed by atoms with van der Waals surface area (Å²) in [6, 6.07) is 0. The van der Waals surface area contributed by atoms with E-state index in [1.807, 2.05) is 0 Å². The van der Waals surface area contributed by atoms with Crippen LogP contribution in [0.4, 0.5) is 9.59 Å². The minimum atomic E-state index is -1.25. The Bertz CT molecular complexity index is 592. The number of nitrogens with one attached hydrogen (secondary N) is 2. The van der Waals surface area contributed by atoms with Crippen LogP contribution in [0.15, 0.2) is 9.98 Å². The molecule has 4 N–H and O–H groups in total. The van der Waals surface area contributed by atoms with Gasteiger partial charge in [-0.3, -0.25) is 14.0 Å². The Morgan fingerprint density at radius 1 is 0.939 bits per heavy atom. The number of carbonyl (C=O) groups excluding carboxylic acids is 2. The highest BCUT2D eigenvalue weighted by Gasteiger charge is 2.03. The van der Waals surface area contributed by atoms with Crippen molar-refractivity contribution in [2.75, 3.05) is 57.4 Å². The maximum atomic E-state index is 11.8. The van der Waals surface area contributed by atoms with Gasteiger partial charge in [0, 0.05) is 5.08 Å². The highest BCUT2D eigenvalue weighted by atomic mass is 32.2. The minimum Gasteiger partial charge on any atom is -0.438 e. The van der Waals surface area contributed by atoms with E-state index in [4.69, 9.17) is 14.9 Å². The van der Waals surface area contributed by atoms with Gasteiger partial charge in [0.2, 0.25) is 6.40 Å². The molecule has 0 aliphatic heterocycles. The van der Waals surface area contributed by atoms with E-state index in [1.165, 1.54) is 40.8 Å². The highest BCUT2D eigenvalue weighted by molar-refractivity contribution is 8.27.